The van der Waals surface area contributed by atoms with Gasteiger partial charge in [-0.3, -0.25) is 4.79 Å². The normalized spacial score (nSPS) is 10.8. The maximum absolute atomic E-state index is 13.2. The number of alkyl halides is 2. The zero-order valence-corrected chi connectivity index (χ0v) is 12.3. The van der Waals surface area contributed by atoms with Gasteiger partial charge in [0.05, 0.1) is 16.3 Å². The molecule has 0 atom stereocenters. The standard InChI is InChI=1S/C14H8ClF4NOS/c15-8-6-10(17)9(16)5-7(8)13(21)20-11-3-1-2-4-12(11)22-14(18)19/h1-6,14H,(H,20,21). The molecule has 0 aliphatic heterocycles. The molecular weight excluding hydrogens is 342 g/mol. The highest BCUT2D eigenvalue weighted by atomic mass is 35.5. The monoisotopic (exact) mass is 349 g/mol. The number of hydrogen-bond donors (Lipinski definition) is 1. The zero-order chi connectivity index (χ0) is 16.3. The van der Waals surface area contributed by atoms with Crippen molar-refractivity contribution in [3.8, 4) is 0 Å². The Morgan fingerprint density at radius 3 is 2.45 bits per heavy atom. The lowest BCUT2D eigenvalue weighted by molar-refractivity contribution is 0.102. The van der Waals surface area contributed by atoms with Gasteiger partial charge in [0.15, 0.2) is 11.6 Å². The molecule has 2 aromatic carbocycles. The van der Waals surface area contributed by atoms with Crippen molar-refractivity contribution < 1.29 is 22.4 Å². The first-order chi connectivity index (χ1) is 10.4. The summed E-state index contributed by atoms with van der Waals surface area (Å²) in [5.74, 6) is -5.91. The van der Waals surface area contributed by atoms with E-state index < -0.39 is 23.3 Å². The number of nitrogens with one attached hydrogen (secondary N) is 1. The number of para-hydroxylation sites is 1. The van der Waals surface area contributed by atoms with Crippen molar-refractivity contribution in [1.82, 2.24) is 0 Å². The predicted molar refractivity (Wildman–Crippen MR) is 77.6 cm³/mol. The van der Waals surface area contributed by atoms with E-state index in [9.17, 15) is 22.4 Å². The minimum absolute atomic E-state index is 0.124. The van der Waals surface area contributed by atoms with Crippen LogP contribution in [-0.4, -0.2) is 11.7 Å². The van der Waals surface area contributed by atoms with E-state index in [0.717, 1.165) is 0 Å². The smallest absolute Gasteiger partial charge is 0.288 e. The van der Waals surface area contributed by atoms with Gasteiger partial charge in [0.1, 0.15) is 0 Å². The number of carbonyl (C=O) groups is 1. The van der Waals surface area contributed by atoms with Crippen LogP contribution in [0.2, 0.25) is 5.02 Å². The Balaban J connectivity index is 2.28. The number of thioether (sulfide) groups is 1. The average molecular weight is 350 g/mol. The molecule has 0 aliphatic rings. The fourth-order valence-corrected chi connectivity index (χ4v) is 2.49. The molecule has 0 aromatic heterocycles. The van der Waals surface area contributed by atoms with Crippen molar-refractivity contribution in [2.75, 3.05) is 5.32 Å². The SMILES string of the molecule is O=C(Nc1ccccc1SC(F)F)c1cc(F)c(F)cc1Cl. The molecule has 0 aliphatic carbocycles. The Bertz CT molecular complexity index is 711. The van der Waals surface area contributed by atoms with E-state index >= 15 is 0 Å². The van der Waals surface area contributed by atoms with Crippen LogP contribution < -0.4 is 5.32 Å². The minimum atomic E-state index is -2.66. The quantitative estimate of drug-likeness (QED) is 0.468. The molecule has 8 heteroatoms. The van der Waals surface area contributed by atoms with Crippen LogP contribution in [-0.2, 0) is 0 Å². The number of amides is 1. The fraction of sp³-hybridized carbons (Fsp3) is 0.0714. The van der Waals surface area contributed by atoms with Crippen molar-refractivity contribution >= 4 is 35.0 Å². The van der Waals surface area contributed by atoms with Crippen molar-refractivity contribution in [2.24, 2.45) is 0 Å². The summed E-state index contributed by atoms with van der Waals surface area (Å²) in [6.07, 6.45) is 0. The summed E-state index contributed by atoms with van der Waals surface area (Å²) in [7, 11) is 0. The number of anilines is 1. The van der Waals surface area contributed by atoms with Gasteiger partial charge in [-0.1, -0.05) is 35.5 Å². The Labute approximate surface area is 132 Å². The van der Waals surface area contributed by atoms with E-state index in [-0.39, 0.29) is 32.9 Å². The molecule has 0 radical (unpaired) electrons. The number of rotatable bonds is 4. The highest BCUT2D eigenvalue weighted by Gasteiger charge is 2.17. The molecule has 0 spiro atoms. The summed E-state index contributed by atoms with van der Waals surface area (Å²) in [5.41, 5.74) is -0.170. The van der Waals surface area contributed by atoms with Crippen LogP contribution in [0.5, 0.6) is 0 Å². The van der Waals surface area contributed by atoms with Gasteiger partial charge in [0.25, 0.3) is 11.7 Å². The number of benzene rings is 2. The molecule has 0 saturated carbocycles. The molecule has 116 valence electrons. The van der Waals surface area contributed by atoms with E-state index in [2.05, 4.69) is 5.32 Å². The molecule has 1 N–H and O–H groups in total. The Kier molecular flexibility index (Phi) is 5.31. The molecule has 2 nitrogen and oxygen atoms in total. The van der Waals surface area contributed by atoms with Crippen LogP contribution in [0, 0.1) is 11.6 Å². The minimum Gasteiger partial charge on any atom is -0.321 e. The molecule has 1 amide bonds. The largest absolute Gasteiger partial charge is 0.321 e. The first-order valence-corrected chi connectivity index (χ1v) is 7.14. The lowest BCUT2D eigenvalue weighted by Crippen LogP contribution is -2.14. The van der Waals surface area contributed by atoms with Gasteiger partial charge in [0.2, 0.25) is 0 Å². The Hall–Kier alpha value is -1.73. The third-order valence-corrected chi connectivity index (χ3v) is 3.71. The number of halogens is 5. The van der Waals surface area contributed by atoms with E-state index in [4.69, 9.17) is 11.6 Å². The molecule has 0 bridgehead atoms. The molecule has 2 aromatic rings. The van der Waals surface area contributed by atoms with Crippen LogP contribution in [0.25, 0.3) is 0 Å². The number of carbonyl (C=O) groups excluding carboxylic acids is 1. The van der Waals surface area contributed by atoms with E-state index in [1.54, 1.807) is 0 Å². The van der Waals surface area contributed by atoms with Gasteiger partial charge >= 0.3 is 0 Å². The molecule has 0 saturated heterocycles. The van der Waals surface area contributed by atoms with Crippen LogP contribution in [0.1, 0.15) is 10.4 Å². The summed E-state index contributed by atoms with van der Waals surface area (Å²) < 4.78 is 51.1. The highest BCUT2D eigenvalue weighted by Crippen LogP contribution is 2.32. The average Bonchev–Trinajstić information content (AvgIpc) is 2.44. The first-order valence-electron chi connectivity index (χ1n) is 5.88. The van der Waals surface area contributed by atoms with E-state index in [0.29, 0.717) is 12.1 Å². The van der Waals surface area contributed by atoms with Crippen LogP contribution in [0.15, 0.2) is 41.3 Å². The summed E-state index contributed by atoms with van der Waals surface area (Å²) in [5, 5.41) is 2.07. The predicted octanol–water partition coefficient (Wildman–Crippen LogP) is 5.19. The Morgan fingerprint density at radius 1 is 1.14 bits per heavy atom. The number of hydrogen-bond acceptors (Lipinski definition) is 2. The lowest BCUT2D eigenvalue weighted by atomic mass is 10.2. The molecule has 2 rings (SSSR count). The van der Waals surface area contributed by atoms with Gasteiger partial charge in [-0.2, -0.15) is 8.78 Å². The molecule has 0 fully saturated rings. The van der Waals surface area contributed by atoms with Crippen LogP contribution in [0.4, 0.5) is 23.2 Å². The van der Waals surface area contributed by atoms with Gasteiger partial charge in [-0.05, 0) is 24.3 Å². The third kappa shape index (κ3) is 3.92. The third-order valence-electron chi connectivity index (χ3n) is 2.61. The van der Waals surface area contributed by atoms with Gasteiger partial charge in [-0.15, -0.1) is 0 Å². The van der Waals surface area contributed by atoms with E-state index in [1.165, 1.54) is 24.3 Å². The summed E-state index contributed by atoms with van der Waals surface area (Å²) >= 11 is 5.95. The van der Waals surface area contributed by atoms with Gasteiger partial charge < -0.3 is 5.32 Å². The topological polar surface area (TPSA) is 29.1 Å². The summed E-state index contributed by atoms with van der Waals surface area (Å²) in [6, 6.07) is 7.21. The van der Waals surface area contributed by atoms with Crippen molar-refractivity contribution in [3.63, 3.8) is 0 Å². The van der Waals surface area contributed by atoms with Gasteiger partial charge in [0, 0.05) is 4.90 Å². The Morgan fingerprint density at radius 2 is 1.77 bits per heavy atom. The second kappa shape index (κ2) is 7.02. The van der Waals surface area contributed by atoms with Crippen molar-refractivity contribution in [2.45, 2.75) is 10.7 Å². The molecule has 0 heterocycles. The maximum Gasteiger partial charge on any atom is 0.288 e. The van der Waals surface area contributed by atoms with Crippen LogP contribution in [0.3, 0.4) is 0 Å². The molecule has 0 unspecified atom stereocenters. The van der Waals surface area contributed by atoms with Crippen LogP contribution >= 0.6 is 23.4 Å². The molecule has 22 heavy (non-hydrogen) atoms. The van der Waals surface area contributed by atoms with Gasteiger partial charge in [-0.25, -0.2) is 8.78 Å². The summed E-state index contributed by atoms with van der Waals surface area (Å²) in [4.78, 5) is 12.2. The van der Waals surface area contributed by atoms with Crippen molar-refractivity contribution in [1.29, 1.82) is 0 Å². The first kappa shape index (κ1) is 16.6. The zero-order valence-electron chi connectivity index (χ0n) is 10.7. The van der Waals surface area contributed by atoms with E-state index in [1.807, 2.05) is 0 Å². The highest BCUT2D eigenvalue weighted by molar-refractivity contribution is 7.99. The second-order valence-electron chi connectivity index (χ2n) is 4.07. The maximum atomic E-state index is 13.2. The molecular formula is C14H8ClF4NOS. The summed E-state index contributed by atoms with van der Waals surface area (Å²) in [6.45, 7) is 0. The van der Waals surface area contributed by atoms with Crippen molar-refractivity contribution in [3.05, 3.63) is 58.6 Å². The fourth-order valence-electron chi connectivity index (χ4n) is 1.65. The lowest BCUT2D eigenvalue weighted by Gasteiger charge is -2.11. The second-order valence-corrected chi connectivity index (χ2v) is 5.51.